The zero-order valence-electron chi connectivity index (χ0n) is 13.4. The zero-order valence-corrected chi connectivity index (χ0v) is 14.2. The highest BCUT2D eigenvalue weighted by Gasteiger charge is 2.10. The molecule has 6 heteroatoms. The Kier molecular flexibility index (Phi) is 4.83. The van der Waals surface area contributed by atoms with Gasteiger partial charge in [0, 0.05) is 19.2 Å². The fourth-order valence-corrected chi connectivity index (χ4v) is 3.31. The minimum Gasteiger partial charge on any atom is -0.297 e. The Morgan fingerprint density at radius 1 is 1.26 bits per heavy atom. The van der Waals surface area contributed by atoms with Gasteiger partial charge < -0.3 is 0 Å². The molecule has 1 aromatic carbocycles. The molecule has 0 saturated carbocycles. The molecule has 0 fully saturated rings. The van der Waals surface area contributed by atoms with Crippen LogP contribution in [0.1, 0.15) is 23.2 Å². The van der Waals surface area contributed by atoms with Crippen LogP contribution >= 0.6 is 11.3 Å². The van der Waals surface area contributed by atoms with Crippen LogP contribution in [-0.4, -0.2) is 32.6 Å². The van der Waals surface area contributed by atoms with Crippen LogP contribution in [0.15, 0.2) is 41.2 Å². The first kappa shape index (κ1) is 15.8. The van der Waals surface area contributed by atoms with Crippen LogP contribution in [0.2, 0.25) is 0 Å². The minimum absolute atomic E-state index is 0.103. The molecule has 5 nitrogen and oxygen atoms in total. The van der Waals surface area contributed by atoms with Crippen molar-refractivity contribution in [3.8, 4) is 0 Å². The van der Waals surface area contributed by atoms with E-state index in [4.69, 9.17) is 0 Å². The Morgan fingerprint density at radius 2 is 2.04 bits per heavy atom. The van der Waals surface area contributed by atoms with Gasteiger partial charge in [-0.2, -0.15) is 9.61 Å². The molecular formula is C17H20N4OS. The molecule has 0 N–H and O–H groups in total. The van der Waals surface area contributed by atoms with E-state index in [0.717, 1.165) is 30.2 Å². The van der Waals surface area contributed by atoms with Crippen molar-refractivity contribution in [2.24, 2.45) is 0 Å². The molecular weight excluding hydrogens is 308 g/mol. The van der Waals surface area contributed by atoms with Crippen LogP contribution in [0, 0.1) is 6.92 Å². The smallest absolute Gasteiger partial charge is 0.275 e. The standard InChI is InChI=1S/C17H20N4OS/c1-3-20(10-9-14-7-5-4-6-8-14)12-15-11-16(22)21-17(18-15)23-13(2)19-21/h4-8,11H,3,9-10,12H2,1-2H3. The summed E-state index contributed by atoms with van der Waals surface area (Å²) in [6.07, 6.45) is 0.996. The second-order valence-electron chi connectivity index (χ2n) is 5.51. The van der Waals surface area contributed by atoms with Crippen molar-refractivity contribution in [2.75, 3.05) is 13.1 Å². The first-order chi connectivity index (χ1) is 11.2. The van der Waals surface area contributed by atoms with E-state index in [1.165, 1.54) is 21.4 Å². The monoisotopic (exact) mass is 328 g/mol. The third-order valence-electron chi connectivity index (χ3n) is 3.79. The van der Waals surface area contributed by atoms with Gasteiger partial charge in [0.1, 0.15) is 5.01 Å². The van der Waals surface area contributed by atoms with Crippen molar-refractivity contribution in [3.63, 3.8) is 0 Å². The largest absolute Gasteiger partial charge is 0.297 e. The van der Waals surface area contributed by atoms with Crippen molar-refractivity contribution in [1.82, 2.24) is 19.5 Å². The molecule has 23 heavy (non-hydrogen) atoms. The van der Waals surface area contributed by atoms with Crippen molar-refractivity contribution in [3.05, 3.63) is 63.0 Å². The molecule has 2 aromatic heterocycles. The van der Waals surface area contributed by atoms with Gasteiger partial charge >= 0.3 is 0 Å². The topological polar surface area (TPSA) is 50.5 Å². The van der Waals surface area contributed by atoms with Gasteiger partial charge in [-0.25, -0.2) is 4.98 Å². The molecule has 3 aromatic rings. The van der Waals surface area contributed by atoms with Crippen LogP contribution in [0.5, 0.6) is 0 Å². The molecule has 0 radical (unpaired) electrons. The van der Waals surface area contributed by atoms with Crippen LogP contribution < -0.4 is 5.56 Å². The highest BCUT2D eigenvalue weighted by molar-refractivity contribution is 7.16. The van der Waals surface area contributed by atoms with E-state index >= 15 is 0 Å². The number of aromatic nitrogens is 3. The lowest BCUT2D eigenvalue weighted by molar-refractivity contribution is 0.280. The van der Waals surface area contributed by atoms with Crippen molar-refractivity contribution in [1.29, 1.82) is 0 Å². The Morgan fingerprint density at radius 3 is 2.78 bits per heavy atom. The van der Waals surface area contributed by atoms with Gasteiger partial charge in [-0.3, -0.25) is 9.69 Å². The van der Waals surface area contributed by atoms with Crippen LogP contribution in [0.3, 0.4) is 0 Å². The summed E-state index contributed by atoms with van der Waals surface area (Å²) < 4.78 is 1.38. The maximum absolute atomic E-state index is 12.1. The van der Waals surface area contributed by atoms with E-state index in [9.17, 15) is 4.79 Å². The number of hydrogen-bond donors (Lipinski definition) is 0. The van der Waals surface area contributed by atoms with Gasteiger partial charge in [0.05, 0.1) is 5.69 Å². The van der Waals surface area contributed by atoms with E-state index in [0.29, 0.717) is 11.5 Å². The number of aryl methyl sites for hydroxylation is 1. The van der Waals surface area contributed by atoms with E-state index in [1.54, 1.807) is 6.07 Å². The van der Waals surface area contributed by atoms with Crippen LogP contribution in [0.25, 0.3) is 4.96 Å². The zero-order chi connectivity index (χ0) is 16.2. The lowest BCUT2D eigenvalue weighted by Crippen LogP contribution is -2.27. The van der Waals surface area contributed by atoms with Gasteiger partial charge in [0.25, 0.3) is 5.56 Å². The summed E-state index contributed by atoms with van der Waals surface area (Å²) in [4.78, 5) is 19.7. The molecule has 0 aliphatic rings. The summed E-state index contributed by atoms with van der Waals surface area (Å²) in [5.74, 6) is 0. The van der Waals surface area contributed by atoms with Gasteiger partial charge in [-0.1, -0.05) is 48.6 Å². The lowest BCUT2D eigenvalue weighted by Gasteiger charge is -2.19. The van der Waals surface area contributed by atoms with E-state index in [2.05, 4.69) is 46.2 Å². The predicted molar refractivity (Wildman–Crippen MR) is 93.0 cm³/mol. The Hall–Kier alpha value is -2.05. The number of hydrogen-bond acceptors (Lipinski definition) is 5. The number of nitrogens with zero attached hydrogens (tertiary/aromatic N) is 4. The van der Waals surface area contributed by atoms with Gasteiger partial charge in [-0.15, -0.1) is 0 Å². The summed E-state index contributed by atoms with van der Waals surface area (Å²) in [6, 6.07) is 12.0. The predicted octanol–water partition coefficient (Wildman–Crippen LogP) is 2.52. The third-order valence-corrected chi connectivity index (χ3v) is 4.62. The Labute approximate surface area is 139 Å². The molecule has 0 aliphatic carbocycles. The fourth-order valence-electron chi connectivity index (χ4n) is 2.54. The quantitative estimate of drug-likeness (QED) is 0.698. The van der Waals surface area contributed by atoms with Crippen LogP contribution in [0.4, 0.5) is 0 Å². The summed E-state index contributed by atoms with van der Waals surface area (Å²) >= 11 is 1.45. The molecule has 3 rings (SSSR count). The van der Waals surface area contributed by atoms with Gasteiger partial charge in [0.2, 0.25) is 4.96 Å². The number of rotatable bonds is 6. The van der Waals surface area contributed by atoms with E-state index < -0.39 is 0 Å². The number of likely N-dealkylation sites (N-methyl/N-ethyl adjacent to an activating group) is 1. The number of fused-ring (bicyclic) bond motifs is 1. The van der Waals surface area contributed by atoms with E-state index in [1.807, 2.05) is 13.0 Å². The Bertz CT molecular complexity index is 841. The van der Waals surface area contributed by atoms with Gasteiger partial charge in [-0.05, 0) is 25.5 Å². The number of benzene rings is 1. The highest BCUT2D eigenvalue weighted by atomic mass is 32.1. The summed E-state index contributed by atoms with van der Waals surface area (Å²) in [5, 5.41) is 5.03. The lowest BCUT2D eigenvalue weighted by atomic mass is 10.1. The molecule has 0 aliphatic heterocycles. The van der Waals surface area contributed by atoms with Crippen molar-refractivity contribution >= 4 is 16.3 Å². The molecule has 0 saturated heterocycles. The first-order valence-corrected chi connectivity index (χ1v) is 8.60. The second-order valence-corrected chi connectivity index (χ2v) is 6.67. The average molecular weight is 328 g/mol. The average Bonchev–Trinajstić information content (AvgIpc) is 2.93. The summed E-state index contributed by atoms with van der Waals surface area (Å²) in [7, 11) is 0. The fraction of sp³-hybridized carbons (Fsp3) is 0.353. The van der Waals surface area contributed by atoms with Crippen molar-refractivity contribution < 1.29 is 0 Å². The van der Waals surface area contributed by atoms with E-state index in [-0.39, 0.29) is 5.56 Å². The SMILES string of the molecule is CCN(CCc1ccccc1)Cc1cc(=O)n2nc(C)sc2n1. The molecule has 2 heterocycles. The van der Waals surface area contributed by atoms with Gasteiger partial charge in [0.15, 0.2) is 0 Å². The Balaban J connectivity index is 1.72. The summed E-state index contributed by atoms with van der Waals surface area (Å²) in [5.41, 5.74) is 2.04. The van der Waals surface area contributed by atoms with Crippen molar-refractivity contribution in [2.45, 2.75) is 26.8 Å². The highest BCUT2D eigenvalue weighted by Crippen LogP contribution is 2.11. The minimum atomic E-state index is -0.103. The van der Waals surface area contributed by atoms with Crippen LogP contribution in [-0.2, 0) is 13.0 Å². The molecule has 0 spiro atoms. The third kappa shape index (κ3) is 3.83. The molecule has 120 valence electrons. The molecule has 0 unspecified atom stereocenters. The first-order valence-electron chi connectivity index (χ1n) is 7.78. The maximum atomic E-state index is 12.1. The summed E-state index contributed by atoms with van der Waals surface area (Å²) in [6.45, 7) is 6.58. The molecule has 0 atom stereocenters. The second kappa shape index (κ2) is 7.02. The maximum Gasteiger partial charge on any atom is 0.275 e. The normalized spacial score (nSPS) is 11.4. The molecule has 0 amide bonds. The molecule has 0 bridgehead atoms.